The van der Waals surface area contributed by atoms with Crippen LogP contribution in [0.4, 0.5) is 0 Å². The molecule has 25 heavy (non-hydrogen) atoms. The Morgan fingerprint density at radius 3 is 2.28 bits per heavy atom. The van der Waals surface area contributed by atoms with Crippen molar-refractivity contribution in [1.82, 2.24) is 9.80 Å². The molecular weight excluding hydrogens is 312 g/mol. The highest BCUT2D eigenvalue weighted by atomic mass is 16.5. The topological polar surface area (TPSA) is 32.8 Å². The standard InChI is InChI=1S/C21H34N2O2/c1-5-22(6-2)21(24)20(18-10-8-7-9-11-18)23-14-12-19(13-15-23)25-16-17(3)4/h7-11,17,19-20H,5-6,12-16H2,1-4H3. The van der Waals surface area contributed by atoms with Crippen molar-refractivity contribution in [2.75, 3.05) is 32.8 Å². The summed E-state index contributed by atoms with van der Waals surface area (Å²) in [6, 6.07) is 10.0. The molecule has 1 atom stereocenters. The van der Waals surface area contributed by atoms with Crippen molar-refractivity contribution in [3.8, 4) is 0 Å². The lowest BCUT2D eigenvalue weighted by Crippen LogP contribution is -2.47. The summed E-state index contributed by atoms with van der Waals surface area (Å²) in [5.41, 5.74) is 1.10. The first kappa shape index (κ1) is 19.9. The van der Waals surface area contributed by atoms with Gasteiger partial charge in [0.05, 0.1) is 6.10 Å². The molecule has 2 rings (SSSR count). The molecule has 1 saturated heterocycles. The minimum absolute atomic E-state index is 0.174. The molecule has 4 heteroatoms. The number of piperidine rings is 1. The molecule has 0 bridgehead atoms. The van der Waals surface area contributed by atoms with Gasteiger partial charge in [0.2, 0.25) is 5.91 Å². The number of likely N-dealkylation sites (tertiary alicyclic amines) is 1. The van der Waals surface area contributed by atoms with Gasteiger partial charge in [0.15, 0.2) is 0 Å². The molecule has 1 aliphatic rings. The first-order valence-electron chi connectivity index (χ1n) is 9.76. The Kier molecular flexibility index (Phi) is 7.91. The smallest absolute Gasteiger partial charge is 0.244 e. The third kappa shape index (κ3) is 5.55. The average molecular weight is 347 g/mol. The molecule has 1 aliphatic heterocycles. The molecule has 4 nitrogen and oxygen atoms in total. The van der Waals surface area contributed by atoms with Crippen molar-refractivity contribution in [2.24, 2.45) is 5.92 Å². The number of amides is 1. The van der Waals surface area contributed by atoms with Crippen molar-refractivity contribution in [2.45, 2.75) is 52.7 Å². The van der Waals surface area contributed by atoms with Crippen LogP contribution in [-0.2, 0) is 9.53 Å². The predicted molar refractivity (Wildman–Crippen MR) is 102 cm³/mol. The number of likely N-dealkylation sites (N-methyl/N-ethyl adjacent to an activating group) is 1. The van der Waals surface area contributed by atoms with E-state index in [1.165, 1.54) is 0 Å². The molecule has 0 N–H and O–H groups in total. The van der Waals surface area contributed by atoms with E-state index in [0.29, 0.717) is 12.0 Å². The molecule has 1 heterocycles. The summed E-state index contributed by atoms with van der Waals surface area (Å²) < 4.78 is 6.01. The summed E-state index contributed by atoms with van der Waals surface area (Å²) in [4.78, 5) is 17.4. The summed E-state index contributed by atoms with van der Waals surface area (Å²) in [6.45, 7) is 12.6. The van der Waals surface area contributed by atoms with Crippen LogP contribution in [0.25, 0.3) is 0 Å². The fraction of sp³-hybridized carbons (Fsp3) is 0.667. The fourth-order valence-electron chi connectivity index (χ4n) is 3.48. The van der Waals surface area contributed by atoms with Crippen molar-refractivity contribution in [3.63, 3.8) is 0 Å². The predicted octanol–water partition coefficient (Wildman–Crippen LogP) is 3.73. The second-order valence-electron chi connectivity index (χ2n) is 7.29. The average Bonchev–Trinajstić information content (AvgIpc) is 2.63. The Morgan fingerprint density at radius 2 is 1.76 bits per heavy atom. The van der Waals surface area contributed by atoms with Gasteiger partial charge in [0, 0.05) is 32.8 Å². The first-order chi connectivity index (χ1) is 12.1. The van der Waals surface area contributed by atoms with Crippen LogP contribution in [0.3, 0.4) is 0 Å². The van der Waals surface area contributed by atoms with Gasteiger partial charge >= 0.3 is 0 Å². The fourth-order valence-corrected chi connectivity index (χ4v) is 3.48. The molecule has 0 radical (unpaired) electrons. The van der Waals surface area contributed by atoms with Crippen LogP contribution < -0.4 is 0 Å². The third-order valence-electron chi connectivity index (χ3n) is 4.93. The van der Waals surface area contributed by atoms with Crippen molar-refractivity contribution in [3.05, 3.63) is 35.9 Å². The van der Waals surface area contributed by atoms with E-state index < -0.39 is 0 Å². The molecule has 0 aromatic heterocycles. The zero-order valence-electron chi connectivity index (χ0n) is 16.3. The molecule has 0 saturated carbocycles. The summed E-state index contributed by atoms with van der Waals surface area (Å²) in [7, 11) is 0. The Balaban J connectivity index is 2.08. The van der Waals surface area contributed by atoms with Gasteiger partial charge in [0.1, 0.15) is 6.04 Å². The van der Waals surface area contributed by atoms with E-state index in [0.717, 1.165) is 51.2 Å². The van der Waals surface area contributed by atoms with Crippen LogP contribution in [0.2, 0.25) is 0 Å². The monoisotopic (exact) mass is 346 g/mol. The lowest BCUT2D eigenvalue weighted by Gasteiger charge is -2.39. The van der Waals surface area contributed by atoms with Crippen molar-refractivity contribution in [1.29, 1.82) is 0 Å². The van der Waals surface area contributed by atoms with Crippen LogP contribution in [0.5, 0.6) is 0 Å². The van der Waals surface area contributed by atoms with Gasteiger partial charge in [0.25, 0.3) is 0 Å². The van der Waals surface area contributed by atoms with E-state index in [-0.39, 0.29) is 11.9 Å². The normalized spacial score (nSPS) is 17.6. The van der Waals surface area contributed by atoms with Crippen LogP contribution in [0.15, 0.2) is 30.3 Å². The van der Waals surface area contributed by atoms with Gasteiger partial charge in [-0.05, 0) is 38.2 Å². The van der Waals surface area contributed by atoms with Crippen LogP contribution in [0.1, 0.15) is 52.1 Å². The number of ether oxygens (including phenoxy) is 1. The quantitative estimate of drug-likeness (QED) is 0.719. The Hall–Kier alpha value is -1.39. The lowest BCUT2D eigenvalue weighted by atomic mass is 9.99. The van der Waals surface area contributed by atoms with E-state index in [4.69, 9.17) is 4.74 Å². The molecule has 0 aliphatic carbocycles. The van der Waals surface area contributed by atoms with Crippen LogP contribution >= 0.6 is 0 Å². The van der Waals surface area contributed by atoms with Crippen LogP contribution in [-0.4, -0.2) is 54.6 Å². The largest absolute Gasteiger partial charge is 0.378 e. The van der Waals surface area contributed by atoms with Gasteiger partial charge in [-0.1, -0.05) is 44.2 Å². The summed E-state index contributed by atoms with van der Waals surface area (Å²) in [6.07, 6.45) is 2.34. The number of hydrogen-bond acceptors (Lipinski definition) is 3. The van der Waals surface area contributed by atoms with Gasteiger partial charge in [-0.25, -0.2) is 0 Å². The molecule has 1 fully saturated rings. The second-order valence-corrected chi connectivity index (χ2v) is 7.29. The maximum Gasteiger partial charge on any atom is 0.244 e. The third-order valence-corrected chi connectivity index (χ3v) is 4.93. The Bertz CT molecular complexity index is 506. The van der Waals surface area contributed by atoms with E-state index >= 15 is 0 Å². The van der Waals surface area contributed by atoms with E-state index in [1.54, 1.807) is 0 Å². The minimum atomic E-state index is -0.174. The zero-order chi connectivity index (χ0) is 18.2. The number of carbonyl (C=O) groups is 1. The molecule has 1 aromatic carbocycles. The number of benzene rings is 1. The van der Waals surface area contributed by atoms with E-state index in [2.05, 4.69) is 44.7 Å². The van der Waals surface area contributed by atoms with Crippen molar-refractivity contribution >= 4 is 5.91 Å². The van der Waals surface area contributed by atoms with Gasteiger partial charge in [-0.15, -0.1) is 0 Å². The summed E-state index contributed by atoms with van der Waals surface area (Å²) >= 11 is 0. The molecular formula is C21H34N2O2. The molecule has 1 unspecified atom stereocenters. The molecule has 140 valence electrons. The van der Waals surface area contributed by atoms with E-state index in [1.807, 2.05) is 23.1 Å². The zero-order valence-corrected chi connectivity index (χ0v) is 16.3. The van der Waals surface area contributed by atoms with Gasteiger partial charge < -0.3 is 9.64 Å². The van der Waals surface area contributed by atoms with Crippen LogP contribution in [0, 0.1) is 5.92 Å². The maximum absolute atomic E-state index is 13.2. The highest BCUT2D eigenvalue weighted by Gasteiger charge is 2.33. The molecule has 1 amide bonds. The number of hydrogen-bond donors (Lipinski definition) is 0. The minimum Gasteiger partial charge on any atom is -0.378 e. The highest BCUT2D eigenvalue weighted by Crippen LogP contribution is 2.27. The number of rotatable bonds is 8. The molecule has 1 aromatic rings. The Morgan fingerprint density at radius 1 is 1.16 bits per heavy atom. The summed E-state index contributed by atoms with van der Waals surface area (Å²) in [5, 5.41) is 0. The maximum atomic E-state index is 13.2. The van der Waals surface area contributed by atoms with E-state index in [9.17, 15) is 4.79 Å². The summed E-state index contributed by atoms with van der Waals surface area (Å²) in [5.74, 6) is 0.789. The Labute approximate surface area is 153 Å². The number of nitrogens with zero attached hydrogens (tertiary/aromatic N) is 2. The van der Waals surface area contributed by atoms with Gasteiger partial charge in [-0.2, -0.15) is 0 Å². The highest BCUT2D eigenvalue weighted by molar-refractivity contribution is 5.83. The van der Waals surface area contributed by atoms with Gasteiger partial charge in [-0.3, -0.25) is 9.69 Å². The number of carbonyl (C=O) groups excluding carboxylic acids is 1. The van der Waals surface area contributed by atoms with Crippen molar-refractivity contribution < 1.29 is 9.53 Å². The molecule has 0 spiro atoms. The SMILES string of the molecule is CCN(CC)C(=O)C(c1ccccc1)N1CCC(OCC(C)C)CC1. The lowest BCUT2D eigenvalue weighted by molar-refractivity contribution is -0.138. The first-order valence-corrected chi connectivity index (χ1v) is 9.76. The second kappa shape index (κ2) is 9.93.